The molecule has 0 atom stereocenters. The number of piperazine rings is 1. The Kier molecular flexibility index (Phi) is 6.33. The van der Waals surface area contributed by atoms with Gasteiger partial charge in [0, 0.05) is 52.1 Å². The summed E-state index contributed by atoms with van der Waals surface area (Å²) in [7, 11) is 0. The van der Waals surface area contributed by atoms with Crippen LogP contribution in [-0.2, 0) is 17.8 Å². The van der Waals surface area contributed by atoms with E-state index in [2.05, 4.69) is 28.4 Å². The molecule has 2 heterocycles. The molecule has 1 fully saturated rings. The molecule has 0 aromatic heterocycles. The number of rotatable bonds is 7. The molecule has 7 heteroatoms. The molecule has 0 spiro atoms. The summed E-state index contributed by atoms with van der Waals surface area (Å²) in [5.74, 6) is 1.23. The third-order valence-electron chi connectivity index (χ3n) is 5.00. The molecule has 3 rings (SSSR count). The summed E-state index contributed by atoms with van der Waals surface area (Å²) in [6, 6.07) is 5.95. The number of ether oxygens (including phenoxy) is 1. The third kappa shape index (κ3) is 5.11. The number of carbonyl (C=O) groups excluding carboxylic acids is 2. The van der Waals surface area contributed by atoms with Crippen LogP contribution in [0.1, 0.15) is 30.4 Å². The average Bonchev–Trinajstić information content (AvgIpc) is 3.09. The maximum atomic E-state index is 12.3. The van der Waals surface area contributed by atoms with E-state index in [1.807, 2.05) is 4.90 Å². The van der Waals surface area contributed by atoms with Crippen molar-refractivity contribution < 1.29 is 14.3 Å². The van der Waals surface area contributed by atoms with Crippen LogP contribution in [-0.4, -0.2) is 61.1 Å². The standard InChI is InChI=1S/C19H28N4O3/c20-19(25)21-7-2-1-3-18(24)23-10-8-22(9-11-23)14-15-4-5-17-16(13-15)6-12-26-17/h4-5,13H,1-3,6-12,14H2,(H3,20,21,25). The molecule has 142 valence electrons. The van der Waals surface area contributed by atoms with Crippen molar-refractivity contribution in [3.05, 3.63) is 29.3 Å². The Bertz CT molecular complexity index is 642. The second kappa shape index (κ2) is 8.89. The lowest BCUT2D eigenvalue weighted by Gasteiger charge is -2.35. The van der Waals surface area contributed by atoms with Crippen molar-refractivity contribution in [2.75, 3.05) is 39.3 Å². The number of hydrogen-bond donors (Lipinski definition) is 2. The lowest BCUT2D eigenvalue weighted by atomic mass is 10.1. The highest BCUT2D eigenvalue weighted by Crippen LogP contribution is 2.26. The highest BCUT2D eigenvalue weighted by atomic mass is 16.5. The molecule has 0 unspecified atom stereocenters. The summed E-state index contributed by atoms with van der Waals surface area (Å²) < 4.78 is 5.56. The molecule has 0 radical (unpaired) electrons. The molecule has 2 aliphatic rings. The van der Waals surface area contributed by atoms with Gasteiger partial charge in [0.15, 0.2) is 0 Å². The number of benzene rings is 1. The topological polar surface area (TPSA) is 87.9 Å². The van der Waals surface area contributed by atoms with Gasteiger partial charge in [0.2, 0.25) is 5.91 Å². The summed E-state index contributed by atoms with van der Waals surface area (Å²) in [6.07, 6.45) is 3.08. The predicted octanol–water partition coefficient (Wildman–Crippen LogP) is 1.10. The Hall–Kier alpha value is -2.28. The first-order chi connectivity index (χ1) is 12.6. The van der Waals surface area contributed by atoms with Crippen LogP contribution in [0.5, 0.6) is 5.75 Å². The summed E-state index contributed by atoms with van der Waals surface area (Å²) in [4.78, 5) is 27.2. The number of carbonyl (C=O) groups is 2. The zero-order valence-corrected chi connectivity index (χ0v) is 15.2. The molecule has 3 N–H and O–H groups in total. The molecule has 7 nitrogen and oxygen atoms in total. The molecule has 1 aromatic carbocycles. The van der Waals surface area contributed by atoms with Gasteiger partial charge in [-0.3, -0.25) is 9.69 Å². The van der Waals surface area contributed by atoms with Crippen LogP contribution in [0.2, 0.25) is 0 Å². The first-order valence-electron chi connectivity index (χ1n) is 9.40. The minimum absolute atomic E-state index is 0.207. The SMILES string of the molecule is NC(=O)NCCCCC(=O)N1CCN(Cc2ccc3c(c2)CCO3)CC1. The maximum Gasteiger partial charge on any atom is 0.312 e. The zero-order chi connectivity index (χ0) is 18.4. The molecule has 3 amide bonds. The normalized spacial score (nSPS) is 16.8. The smallest absolute Gasteiger partial charge is 0.312 e. The van der Waals surface area contributed by atoms with Crippen LogP contribution in [0.3, 0.4) is 0 Å². The van der Waals surface area contributed by atoms with Gasteiger partial charge in [-0.05, 0) is 30.0 Å². The highest BCUT2D eigenvalue weighted by molar-refractivity contribution is 5.76. The van der Waals surface area contributed by atoms with Gasteiger partial charge in [-0.15, -0.1) is 0 Å². The fourth-order valence-electron chi connectivity index (χ4n) is 3.52. The molecule has 1 saturated heterocycles. The Morgan fingerprint density at radius 1 is 1.15 bits per heavy atom. The fraction of sp³-hybridized carbons (Fsp3) is 0.579. The van der Waals surface area contributed by atoms with Gasteiger partial charge >= 0.3 is 6.03 Å². The Morgan fingerprint density at radius 3 is 2.73 bits per heavy atom. The van der Waals surface area contributed by atoms with E-state index in [1.54, 1.807) is 0 Å². The van der Waals surface area contributed by atoms with Gasteiger partial charge in [0.1, 0.15) is 5.75 Å². The number of nitrogens with two attached hydrogens (primary N) is 1. The Balaban J connectivity index is 1.36. The van der Waals surface area contributed by atoms with Gasteiger partial charge in [0.25, 0.3) is 0 Å². The number of unbranched alkanes of at least 4 members (excludes halogenated alkanes) is 1. The molecular weight excluding hydrogens is 332 g/mol. The van der Waals surface area contributed by atoms with Gasteiger partial charge in [-0.25, -0.2) is 4.79 Å². The minimum atomic E-state index is -0.511. The zero-order valence-electron chi connectivity index (χ0n) is 15.2. The second-order valence-electron chi connectivity index (χ2n) is 6.95. The fourth-order valence-corrected chi connectivity index (χ4v) is 3.52. The van der Waals surface area contributed by atoms with Gasteiger partial charge in [0.05, 0.1) is 6.61 Å². The first kappa shape index (κ1) is 18.5. The Morgan fingerprint density at radius 2 is 1.96 bits per heavy atom. The van der Waals surface area contributed by atoms with Crippen LogP contribution in [0.25, 0.3) is 0 Å². The molecule has 2 aliphatic heterocycles. The summed E-state index contributed by atoms with van der Waals surface area (Å²) in [5.41, 5.74) is 7.63. The number of primary amides is 1. The predicted molar refractivity (Wildman–Crippen MR) is 98.9 cm³/mol. The Labute approximate surface area is 154 Å². The van der Waals surface area contributed by atoms with Crippen molar-refractivity contribution >= 4 is 11.9 Å². The van der Waals surface area contributed by atoms with Crippen molar-refractivity contribution in [1.29, 1.82) is 0 Å². The van der Waals surface area contributed by atoms with Crippen LogP contribution < -0.4 is 15.8 Å². The summed E-state index contributed by atoms with van der Waals surface area (Å²) >= 11 is 0. The van der Waals surface area contributed by atoms with Gasteiger partial charge in [-0.1, -0.05) is 12.1 Å². The quantitative estimate of drug-likeness (QED) is 0.713. The van der Waals surface area contributed by atoms with Crippen LogP contribution in [0.4, 0.5) is 4.79 Å². The monoisotopic (exact) mass is 360 g/mol. The number of fused-ring (bicyclic) bond motifs is 1. The van der Waals surface area contributed by atoms with Crippen LogP contribution >= 0.6 is 0 Å². The lowest BCUT2D eigenvalue weighted by Crippen LogP contribution is -2.48. The molecule has 26 heavy (non-hydrogen) atoms. The van der Waals surface area contributed by atoms with E-state index >= 15 is 0 Å². The summed E-state index contributed by atoms with van der Waals surface area (Å²) in [5, 5.41) is 2.54. The van der Waals surface area contributed by atoms with Gasteiger partial charge in [-0.2, -0.15) is 0 Å². The number of nitrogens with one attached hydrogen (secondary N) is 1. The second-order valence-corrected chi connectivity index (χ2v) is 6.95. The van der Waals surface area contributed by atoms with Crippen molar-refractivity contribution in [3.63, 3.8) is 0 Å². The van der Waals surface area contributed by atoms with E-state index < -0.39 is 6.03 Å². The van der Waals surface area contributed by atoms with E-state index in [4.69, 9.17) is 10.5 Å². The van der Waals surface area contributed by atoms with Crippen molar-refractivity contribution in [2.24, 2.45) is 5.73 Å². The number of hydrogen-bond acceptors (Lipinski definition) is 4. The van der Waals surface area contributed by atoms with Crippen molar-refractivity contribution in [2.45, 2.75) is 32.2 Å². The molecule has 0 bridgehead atoms. The van der Waals surface area contributed by atoms with Crippen LogP contribution in [0, 0.1) is 0 Å². The van der Waals surface area contributed by atoms with E-state index in [-0.39, 0.29) is 5.91 Å². The van der Waals surface area contributed by atoms with E-state index in [1.165, 1.54) is 11.1 Å². The van der Waals surface area contributed by atoms with E-state index in [0.717, 1.165) is 64.3 Å². The largest absolute Gasteiger partial charge is 0.493 e. The molecule has 1 aromatic rings. The first-order valence-corrected chi connectivity index (χ1v) is 9.40. The maximum absolute atomic E-state index is 12.3. The molecule has 0 saturated carbocycles. The van der Waals surface area contributed by atoms with E-state index in [0.29, 0.717) is 13.0 Å². The lowest BCUT2D eigenvalue weighted by molar-refractivity contribution is -0.133. The number of nitrogens with zero attached hydrogens (tertiary/aromatic N) is 2. The molecular formula is C19H28N4O3. The minimum Gasteiger partial charge on any atom is -0.493 e. The number of urea groups is 1. The van der Waals surface area contributed by atoms with Crippen LogP contribution in [0.15, 0.2) is 18.2 Å². The highest BCUT2D eigenvalue weighted by Gasteiger charge is 2.21. The third-order valence-corrected chi connectivity index (χ3v) is 5.00. The van der Waals surface area contributed by atoms with Gasteiger partial charge < -0.3 is 20.7 Å². The summed E-state index contributed by atoms with van der Waals surface area (Å²) in [6.45, 7) is 5.62. The average molecular weight is 360 g/mol. The molecule has 0 aliphatic carbocycles. The number of amides is 3. The van der Waals surface area contributed by atoms with Crippen molar-refractivity contribution in [1.82, 2.24) is 15.1 Å². The van der Waals surface area contributed by atoms with Crippen molar-refractivity contribution in [3.8, 4) is 5.75 Å². The van der Waals surface area contributed by atoms with E-state index in [9.17, 15) is 9.59 Å².